The van der Waals surface area contributed by atoms with E-state index in [0.29, 0.717) is 12.8 Å². The highest BCUT2D eigenvalue weighted by atomic mass is 16.6. The molecule has 1 saturated heterocycles. The van der Waals surface area contributed by atoms with Gasteiger partial charge in [0.2, 0.25) is 5.91 Å². The number of aliphatic carboxylic acids is 1. The minimum Gasteiger partial charge on any atom is -0.480 e. The molecule has 0 bridgehead atoms. The fourth-order valence-electron chi connectivity index (χ4n) is 3.32. The Morgan fingerprint density at radius 3 is 2.48 bits per heavy atom. The Balaban J connectivity index is 2.95. The number of unbranched alkanes of at least 4 members (excludes halogenated alkanes) is 3. The Hall–Kier alpha value is -2.03. The van der Waals surface area contributed by atoms with Gasteiger partial charge in [-0.15, -0.1) is 6.58 Å². The lowest BCUT2D eigenvalue weighted by Crippen LogP contribution is -2.55. The molecule has 1 heterocycles. The van der Waals surface area contributed by atoms with Crippen LogP contribution in [0, 0.1) is 0 Å². The van der Waals surface area contributed by atoms with Gasteiger partial charge in [0.15, 0.2) is 0 Å². The first-order valence-corrected chi connectivity index (χ1v) is 9.95. The molecule has 0 spiro atoms. The number of ether oxygens (including phenoxy) is 2. The maximum Gasteiger partial charge on any atom is 0.408 e. The number of likely N-dealkylation sites (tertiary alicyclic amines) is 1. The van der Waals surface area contributed by atoms with Crippen molar-refractivity contribution >= 4 is 25.8 Å². The summed E-state index contributed by atoms with van der Waals surface area (Å²) in [4.78, 5) is 38.2. The number of carboxylic acids is 1. The van der Waals surface area contributed by atoms with Crippen molar-refractivity contribution in [3.63, 3.8) is 0 Å². The minimum absolute atomic E-state index is 0.0945. The molecular weight excluding hydrogens is 375 g/mol. The van der Waals surface area contributed by atoms with E-state index in [0.717, 1.165) is 24.2 Å². The molecule has 0 aromatic carbocycles. The topological polar surface area (TPSA) is 105 Å². The van der Waals surface area contributed by atoms with Crippen LogP contribution < -0.4 is 5.32 Å². The van der Waals surface area contributed by atoms with Crippen molar-refractivity contribution < 1.29 is 29.0 Å². The highest BCUT2D eigenvalue weighted by molar-refractivity contribution is 6.14. The van der Waals surface area contributed by atoms with Crippen LogP contribution in [0.2, 0.25) is 0 Å². The third-order valence-corrected chi connectivity index (χ3v) is 4.73. The maximum atomic E-state index is 13.2. The van der Waals surface area contributed by atoms with E-state index in [2.05, 4.69) is 11.9 Å². The number of nitrogens with zero attached hydrogens (tertiary/aromatic N) is 1. The third-order valence-electron chi connectivity index (χ3n) is 4.73. The normalized spacial score (nSPS) is 22.8. The molecule has 2 amide bonds. The van der Waals surface area contributed by atoms with Gasteiger partial charge >= 0.3 is 12.1 Å². The predicted octanol–water partition coefficient (Wildman–Crippen LogP) is 2.21. The van der Waals surface area contributed by atoms with E-state index in [9.17, 15) is 19.5 Å². The molecule has 8 nitrogen and oxygen atoms in total. The Morgan fingerprint density at radius 2 is 1.97 bits per heavy atom. The summed E-state index contributed by atoms with van der Waals surface area (Å²) in [7, 11) is 7.51. The van der Waals surface area contributed by atoms with Gasteiger partial charge in [0, 0.05) is 19.5 Å². The fraction of sp³-hybridized carbons (Fsp3) is 0.750. The Bertz CT molecular complexity index is 592. The average molecular weight is 408 g/mol. The lowest BCUT2D eigenvalue weighted by molar-refractivity contribution is -0.149. The van der Waals surface area contributed by atoms with Crippen LogP contribution in [-0.4, -0.2) is 72.7 Å². The Morgan fingerprint density at radius 1 is 1.31 bits per heavy atom. The first kappa shape index (κ1) is 25.0. The van der Waals surface area contributed by atoms with E-state index >= 15 is 0 Å². The number of allylic oxidation sites excluding steroid dienone is 1. The Labute approximate surface area is 174 Å². The molecule has 1 aliphatic rings. The zero-order chi connectivity index (χ0) is 22.2. The van der Waals surface area contributed by atoms with Crippen molar-refractivity contribution in [1.29, 1.82) is 0 Å². The average Bonchev–Trinajstić information content (AvgIpc) is 2.95. The van der Waals surface area contributed by atoms with Crippen molar-refractivity contribution in [2.24, 2.45) is 0 Å². The number of hydrogen-bond acceptors (Lipinski definition) is 5. The number of nitrogens with one attached hydrogen (secondary N) is 1. The van der Waals surface area contributed by atoms with Crippen LogP contribution in [0.5, 0.6) is 0 Å². The second-order valence-electron chi connectivity index (χ2n) is 8.23. The van der Waals surface area contributed by atoms with Gasteiger partial charge in [-0.05, 0) is 40.0 Å². The highest BCUT2D eigenvalue weighted by Gasteiger charge is 2.46. The molecule has 0 saturated carbocycles. The summed E-state index contributed by atoms with van der Waals surface area (Å²) >= 11 is 0. The van der Waals surface area contributed by atoms with E-state index in [4.69, 9.17) is 17.3 Å². The Kier molecular flexibility index (Phi) is 9.69. The number of alkyl carbamates (subject to hydrolysis) is 1. The molecule has 2 radical (unpaired) electrons. The zero-order valence-electron chi connectivity index (χ0n) is 17.8. The lowest BCUT2D eigenvalue weighted by Gasteiger charge is -2.32. The predicted molar refractivity (Wildman–Crippen MR) is 110 cm³/mol. The first-order valence-electron chi connectivity index (χ1n) is 9.95. The number of carbonyl (C=O) groups is 3. The molecule has 2 unspecified atom stereocenters. The largest absolute Gasteiger partial charge is 0.480 e. The summed E-state index contributed by atoms with van der Waals surface area (Å²) in [6.07, 6.45) is 4.26. The van der Waals surface area contributed by atoms with Crippen LogP contribution in [0.3, 0.4) is 0 Å². The van der Waals surface area contributed by atoms with Crippen molar-refractivity contribution in [3.05, 3.63) is 12.7 Å². The van der Waals surface area contributed by atoms with Gasteiger partial charge in [-0.25, -0.2) is 9.59 Å². The SMILES string of the molecule is [B]C1C(OC)C[C@@H](C(=O)O)N1C(=O)[C@H](CCCCCC=C)NC(=O)OC(C)(C)C. The van der Waals surface area contributed by atoms with Gasteiger partial charge in [-0.2, -0.15) is 0 Å². The zero-order valence-corrected chi connectivity index (χ0v) is 17.8. The fourth-order valence-corrected chi connectivity index (χ4v) is 3.32. The van der Waals surface area contributed by atoms with Gasteiger partial charge in [0.1, 0.15) is 25.5 Å². The number of methoxy groups -OCH3 is 1. The molecule has 0 aromatic heterocycles. The van der Waals surface area contributed by atoms with Crippen molar-refractivity contribution in [3.8, 4) is 0 Å². The molecule has 2 N–H and O–H groups in total. The minimum atomic E-state index is -1.16. The molecule has 9 heteroatoms. The molecular formula is C20H33BN2O6. The molecule has 4 atom stereocenters. The van der Waals surface area contributed by atoms with E-state index in [-0.39, 0.29) is 6.42 Å². The van der Waals surface area contributed by atoms with Gasteiger partial charge in [0.05, 0.1) is 6.10 Å². The van der Waals surface area contributed by atoms with Crippen LogP contribution in [0.25, 0.3) is 0 Å². The number of amides is 2. The summed E-state index contributed by atoms with van der Waals surface area (Å²) in [6.45, 7) is 8.84. The van der Waals surface area contributed by atoms with Crippen LogP contribution in [0.15, 0.2) is 12.7 Å². The number of carboxylic acid groups (broad SMARTS) is 1. The summed E-state index contributed by atoms with van der Waals surface area (Å²) in [5.41, 5.74) is -0.726. The quantitative estimate of drug-likeness (QED) is 0.326. The van der Waals surface area contributed by atoms with E-state index in [1.807, 2.05) is 6.08 Å². The molecule has 162 valence electrons. The monoisotopic (exact) mass is 408 g/mol. The molecule has 1 fully saturated rings. The molecule has 1 rings (SSSR count). The molecule has 29 heavy (non-hydrogen) atoms. The third kappa shape index (κ3) is 7.72. The van der Waals surface area contributed by atoms with Crippen molar-refractivity contribution in [1.82, 2.24) is 10.2 Å². The lowest BCUT2D eigenvalue weighted by atomic mass is 9.91. The van der Waals surface area contributed by atoms with E-state index in [1.54, 1.807) is 20.8 Å². The molecule has 0 aromatic rings. The van der Waals surface area contributed by atoms with Gasteiger partial charge in [0.25, 0.3) is 0 Å². The van der Waals surface area contributed by atoms with Crippen LogP contribution in [0.1, 0.15) is 59.3 Å². The highest BCUT2D eigenvalue weighted by Crippen LogP contribution is 2.27. The van der Waals surface area contributed by atoms with E-state index < -0.39 is 47.7 Å². The standard InChI is InChI=1S/C20H33BN2O6/c1-6-7-8-9-10-11-13(22-19(27)29-20(2,3)4)17(24)23-14(18(25)26)12-15(28-5)16(23)21/h6,13-16H,1,7-12H2,2-5H3,(H,22,27)(H,25,26)/t13-,14-,15?,16?/m0/s1. The first-order chi connectivity index (χ1) is 13.5. The number of rotatable bonds is 10. The van der Waals surface area contributed by atoms with Gasteiger partial charge < -0.3 is 24.8 Å². The van der Waals surface area contributed by atoms with Gasteiger partial charge in [-0.1, -0.05) is 18.9 Å². The summed E-state index contributed by atoms with van der Waals surface area (Å²) in [5, 5.41) is 12.1. The molecule has 1 aliphatic heterocycles. The summed E-state index contributed by atoms with van der Waals surface area (Å²) in [6, 6.07) is -2.04. The second-order valence-corrected chi connectivity index (χ2v) is 8.23. The summed E-state index contributed by atoms with van der Waals surface area (Å²) < 4.78 is 10.5. The number of carbonyl (C=O) groups excluding carboxylic acids is 2. The van der Waals surface area contributed by atoms with Crippen LogP contribution in [0.4, 0.5) is 4.79 Å². The van der Waals surface area contributed by atoms with Crippen LogP contribution >= 0.6 is 0 Å². The second kappa shape index (κ2) is 11.2. The van der Waals surface area contributed by atoms with Crippen LogP contribution in [-0.2, 0) is 19.1 Å². The van der Waals surface area contributed by atoms with Crippen molar-refractivity contribution in [2.75, 3.05) is 7.11 Å². The van der Waals surface area contributed by atoms with Gasteiger partial charge in [-0.3, -0.25) is 4.79 Å². The summed E-state index contributed by atoms with van der Waals surface area (Å²) in [5.74, 6) is -2.60. The number of hydrogen-bond donors (Lipinski definition) is 2. The van der Waals surface area contributed by atoms with Crippen molar-refractivity contribution in [2.45, 2.75) is 89.0 Å². The maximum absolute atomic E-state index is 13.2. The molecule has 0 aliphatic carbocycles. The van der Waals surface area contributed by atoms with E-state index in [1.165, 1.54) is 7.11 Å². The smallest absolute Gasteiger partial charge is 0.408 e.